The van der Waals surface area contributed by atoms with Crippen molar-refractivity contribution in [3.63, 3.8) is 0 Å². The van der Waals surface area contributed by atoms with Crippen LogP contribution in [0.15, 0.2) is 54.9 Å². The van der Waals surface area contributed by atoms with E-state index in [1.807, 2.05) is 53.4 Å². The van der Waals surface area contributed by atoms with Gasteiger partial charge in [-0.15, -0.1) is 0 Å². The van der Waals surface area contributed by atoms with Crippen LogP contribution in [0.3, 0.4) is 0 Å². The van der Waals surface area contributed by atoms with Crippen molar-refractivity contribution in [1.82, 2.24) is 19.8 Å². The van der Waals surface area contributed by atoms with Crippen molar-refractivity contribution in [3.05, 3.63) is 60.4 Å². The number of aromatic amines is 1. The van der Waals surface area contributed by atoms with Gasteiger partial charge in [0.25, 0.3) is 11.8 Å². The van der Waals surface area contributed by atoms with Gasteiger partial charge >= 0.3 is 0 Å². The van der Waals surface area contributed by atoms with Gasteiger partial charge in [-0.25, -0.2) is 4.98 Å². The Balaban J connectivity index is 1.43. The minimum atomic E-state index is -0.0597. The highest BCUT2D eigenvalue weighted by molar-refractivity contribution is 5.97. The van der Waals surface area contributed by atoms with Crippen molar-refractivity contribution in [2.24, 2.45) is 5.92 Å². The molecule has 0 spiro atoms. The lowest BCUT2D eigenvalue weighted by Gasteiger charge is -2.43. The summed E-state index contributed by atoms with van der Waals surface area (Å²) in [4.78, 5) is 36.9. The molecule has 0 aliphatic carbocycles. The van der Waals surface area contributed by atoms with Crippen LogP contribution in [0.25, 0.3) is 11.0 Å². The zero-order valence-electron chi connectivity index (χ0n) is 17.2. The Hall–Kier alpha value is -3.35. The molecule has 2 heterocycles. The van der Waals surface area contributed by atoms with Crippen LogP contribution in [0.4, 0.5) is 0 Å². The van der Waals surface area contributed by atoms with Gasteiger partial charge in [-0.2, -0.15) is 0 Å². The van der Waals surface area contributed by atoms with Gasteiger partial charge in [-0.1, -0.05) is 32.0 Å². The summed E-state index contributed by atoms with van der Waals surface area (Å²) in [5, 5.41) is 0. The number of carbonyl (C=O) groups is 2. The Labute approximate surface area is 175 Å². The average Bonchev–Trinajstić information content (AvgIpc) is 3.25. The molecule has 0 saturated carbocycles. The lowest BCUT2D eigenvalue weighted by Crippen LogP contribution is -2.58. The van der Waals surface area contributed by atoms with E-state index in [0.717, 1.165) is 11.0 Å². The molecule has 1 fully saturated rings. The molecule has 2 amide bonds. The molecule has 0 bridgehead atoms. The van der Waals surface area contributed by atoms with E-state index in [-0.39, 0.29) is 30.4 Å². The van der Waals surface area contributed by atoms with E-state index in [1.54, 1.807) is 11.2 Å². The molecule has 7 heteroatoms. The number of amides is 2. The van der Waals surface area contributed by atoms with Gasteiger partial charge in [0.1, 0.15) is 5.75 Å². The van der Waals surface area contributed by atoms with Crippen LogP contribution in [0.5, 0.6) is 5.75 Å². The van der Waals surface area contributed by atoms with Crippen LogP contribution in [0.2, 0.25) is 0 Å². The number of rotatable bonds is 5. The Morgan fingerprint density at radius 3 is 2.73 bits per heavy atom. The SMILES string of the molecule is CC(C)[C@H]1CN(C(=O)COc2ccccc2)CCN1C(=O)c1ccc2nc[nH]c2c1. The standard InChI is InChI=1S/C23H26N4O3/c1-16(2)21-13-26(22(28)14-30-18-6-4-3-5-7-18)10-11-27(21)23(29)17-8-9-19-20(12-17)25-15-24-19/h3-9,12,15-16,21H,10-11,13-14H2,1-2H3,(H,24,25)/t21-/m1/s1. The molecular weight excluding hydrogens is 380 g/mol. The van der Waals surface area contributed by atoms with E-state index < -0.39 is 0 Å². The summed E-state index contributed by atoms with van der Waals surface area (Å²) >= 11 is 0. The van der Waals surface area contributed by atoms with Crippen molar-refractivity contribution >= 4 is 22.8 Å². The molecule has 3 aromatic rings. The van der Waals surface area contributed by atoms with E-state index in [1.165, 1.54) is 0 Å². The number of aromatic nitrogens is 2. The number of H-pyrrole nitrogens is 1. The van der Waals surface area contributed by atoms with Crippen LogP contribution in [-0.4, -0.2) is 63.9 Å². The molecule has 1 N–H and O–H groups in total. The van der Waals surface area contributed by atoms with Crippen molar-refractivity contribution < 1.29 is 14.3 Å². The van der Waals surface area contributed by atoms with Crippen LogP contribution >= 0.6 is 0 Å². The molecule has 30 heavy (non-hydrogen) atoms. The first-order valence-electron chi connectivity index (χ1n) is 10.2. The first kappa shape index (κ1) is 19.9. The summed E-state index contributed by atoms with van der Waals surface area (Å²) < 4.78 is 5.61. The van der Waals surface area contributed by atoms with E-state index in [0.29, 0.717) is 30.9 Å². The second kappa shape index (κ2) is 8.57. The summed E-state index contributed by atoms with van der Waals surface area (Å²) in [7, 11) is 0. The maximum absolute atomic E-state index is 13.2. The summed E-state index contributed by atoms with van der Waals surface area (Å²) in [6.07, 6.45) is 1.62. The fourth-order valence-electron chi connectivity index (χ4n) is 3.85. The van der Waals surface area contributed by atoms with Gasteiger partial charge in [0, 0.05) is 25.2 Å². The van der Waals surface area contributed by atoms with Crippen LogP contribution in [-0.2, 0) is 4.79 Å². The summed E-state index contributed by atoms with van der Waals surface area (Å²) in [6, 6.07) is 14.8. The second-order valence-electron chi connectivity index (χ2n) is 7.89. The van der Waals surface area contributed by atoms with E-state index in [9.17, 15) is 9.59 Å². The average molecular weight is 406 g/mol. The molecule has 1 saturated heterocycles. The Kier molecular flexibility index (Phi) is 5.70. The molecule has 0 radical (unpaired) electrons. The number of para-hydroxylation sites is 1. The van der Waals surface area contributed by atoms with Gasteiger partial charge in [0.05, 0.1) is 23.4 Å². The van der Waals surface area contributed by atoms with Gasteiger partial charge in [-0.05, 0) is 36.2 Å². The molecule has 0 unspecified atom stereocenters. The smallest absolute Gasteiger partial charge is 0.260 e. The number of imidazole rings is 1. The highest BCUT2D eigenvalue weighted by Crippen LogP contribution is 2.22. The zero-order valence-corrected chi connectivity index (χ0v) is 17.2. The fraction of sp³-hybridized carbons (Fsp3) is 0.348. The van der Waals surface area contributed by atoms with E-state index >= 15 is 0 Å². The third-order valence-electron chi connectivity index (χ3n) is 5.57. The topological polar surface area (TPSA) is 78.5 Å². The molecule has 1 aromatic heterocycles. The molecule has 2 aromatic carbocycles. The minimum Gasteiger partial charge on any atom is -0.484 e. The number of benzene rings is 2. The maximum Gasteiger partial charge on any atom is 0.260 e. The van der Waals surface area contributed by atoms with E-state index in [2.05, 4.69) is 23.8 Å². The highest BCUT2D eigenvalue weighted by atomic mass is 16.5. The number of nitrogens with zero attached hydrogens (tertiary/aromatic N) is 3. The first-order chi connectivity index (χ1) is 14.5. The van der Waals surface area contributed by atoms with Crippen molar-refractivity contribution in [2.75, 3.05) is 26.2 Å². The Morgan fingerprint density at radius 1 is 1.17 bits per heavy atom. The van der Waals surface area contributed by atoms with Gasteiger partial charge in [-0.3, -0.25) is 9.59 Å². The molecular formula is C23H26N4O3. The fourth-order valence-corrected chi connectivity index (χ4v) is 3.85. The minimum absolute atomic E-state index is 0.000728. The summed E-state index contributed by atoms with van der Waals surface area (Å²) in [5.41, 5.74) is 2.30. The normalized spacial score (nSPS) is 16.8. The Bertz CT molecular complexity index is 1030. The second-order valence-corrected chi connectivity index (χ2v) is 7.89. The zero-order chi connectivity index (χ0) is 21.1. The number of ether oxygens (including phenoxy) is 1. The molecule has 1 aliphatic heterocycles. The highest BCUT2D eigenvalue weighted by Gasteiger charge is 2.34. The number of hydrogen-bond donors (Lipinski definition) is 1. The van der Waals surface area contributed by atoms with Gasteiger partial charge in [0.2, 0.25) is 0 Å². The largest absolute Gasteiger partial charge is 0.484 e. The third kappa shape index (κ3) is 4.15. The van der Waals surface area contributed by atoms with E-state index in [4.69, 9.17) is 4.74 Å². The molecule has 7 nitrogen and oxygen atoms in total. The number of fused-ring (bicyclic) bond motifs is 1. The molecule has 1 aliphatic rings. The predicted molar refractivity (Wildman–Crippen MR) is 114 cm³/mol. The molecule has 4 rings (SSSR count). The molecule has 156 valence electrons. The number of piperazine rings is 1. The van der Waals surface area contributed by atoms with Crippen molar-refractivity contribution in [1.29, 1.82) is 0 Å². The van der Waals surface area contributed by atoms with Crippen molar-refractivity contribution in [3.8, 4) is 5.75 Å². The van der Waals surface area contributed by atoms with Crippen molar-refractivity contribution in [2.45, 2.75) is 19.9 Å². The quantitative estimate of drug-likeness (QED) is 0.707. The first-order valence-corrected chi connectivity index (χ1v) is 10.2. The van der Waals surface area contributed by atoms with Crippen LogP contribution < -0.4 is 4.74 Å². The monoisotopic (exact) mass is 406 g/mol. The summed E-state index contributed by atoms with van der Waals surface area (Å²) in [6.45, 7) is 5.67. The third-order valence-corrected chi connectivity index (χ3v) is 5.57. The maximum atomic E-state index is 13.2. The lowest BCUT2D eigenvalue weighted by atomic mass is 9.98. The lowest BCUT2D eigenvalue weighted by molar-refractivity contribution is -0.136. The molecule has 1 atom stereocenters. The number of carbonyl (C=O) groups excluding carboxylic acids is 2. The van der Waals surface area contributed by atoms with Gasteiger partial charge < -0.3 is 19.5 Å². The van der Waals surface area contributed by atoms with Crippen LogP contribution in [0.1, 0.15) is 24.2 Å². The number of hydrogen-bond acceptors (Lipinski definition) is 4. The van der Waals surface area contributed by atoms with Gasteiger partial charge in [0.15, 0.2) is 6.61 Å². The predicted octanol–water partition coefficient (Wildman–Crippen LogP) is 2.95. The summed E-state index contributed by atoms with van der Waals surface area (Å²) in [5.74, 6) is 0.818. The van der Waals surface area contributed by atoms with Crippen LogP contribution in [0, 0.1) is 5.92 Å². The number of nitrogens with one attached hydrogen (secondary N) is 1. The Morgan fingerprint density at radius 2 is 1.97 bits per heavy atom.